The molecule has 6 nitrogen and oxygen atoms in total. The lowest BCUT2D eigenvalue weighted by Crippen LogP contribution is -2.41. The first-order chi connectivity index (χ1) is 9.61. The summed E-state index contributed by atoms with van der Waals surface area (Å²) in [5.41, 5.74) is -0.207. The van der Waals surface area contributed by atoms with E-state index in [0.29, 0.717) is 10.6 Å². The van der Waals surface area contributed by atoms with Gasteiger partial charge in [-0.3, -0.25) is 10.1 Å². The molecule has 0 radical (unpaired) electrons. The topological polar surface area (TPSA) is 81.5 Å². The molecule has 0 saturated heterocycles. The number of rotatable bonds is 4. The van der Waals surface area contributed by atoms with Gasteiger partial charge in [0.2, 0.25) is 6.04 Å². The Hall–Kier alpha value is -1.82. The third kappa shape index (κ3) is 5.23. The SMILES string of the molecule is C[C@H]([C@@H](NC(=O)OC(C)(C)C)c1ccccc1Cl)[N+](=O)[O-]. The zero-order chi connectivity index (χ0) is 16.2. The Morgan fingerprint density at radius 2 is 1.95 bits per heavy atom. The molecule has 0 aliphatic heterocycles. The number of alkyl carbamates (subject to hydrolysis) is 1. The molecule has 116 valence electrons. The minimum atomic E-state index is -1.04. The van der Waals surface area contributed by atoms with Crippen molar-refractivity contribution < 1.29 is 14.5 Å². The highest BCUT2D eigenvalue weighted by molar-refractivity contribution is 6.31. The van der Waals surface area contributed by atoms with E-state index in [4.69, 9.17) is 16.3 Å². The molecule has 0 spiro atoms. The fourth-order valence-electron chi connectivity index (χ4n) is 1.74. The van der Waals surface area contributed by atoms with Crippen LogP contribution in [0.5, 0.6) is 0 Å². The van der Waals surface area contributed by atoms with Crippen molar-refractivity contribution in [2.75, 3.05) is 0 Å². The van der Waals surface area contributed by atoms with E-state index in [9.17, 15) is 14.9 Å². The van der Waals surface area contributed by atoms with Crippen molar-refractivity contribution in [3.8, 4) is 0 Å². The number of halogens is 1. The molecule has 0 bridgehead atoms. The fourth-order valence-corrected chi connectivity index (χ4v) is 2.00. The molecule has 1 aromatic carbocycles. The minimum Gasteiger partial charge on any atom is -0.444 e. The average Bonchev–Trinajstić information content (AvgIpc) is 2.34. The van der Waals surface area contributed by atoms with Gasteiger partial charge in [-0.1, -0.05) is 29.8 Å². The maximum absolute atomic E-state index is 11.9. The van der Waals surface area contributed by atoms with E-state index in [1.54, 1.807) is 45.0 Å². The lowest BCUT2D eigenvalue weighted by Gasteiger charge is -2.24. The van der Waals surface area contributed by atoms with Crippen LogP contribution in [-0.2, 0) is 4.74 Å². The molecule has 0 fully saturated rings. The van der Waals surface area contributed by atoms with E-state index in [1.165, 1.54) is 6.92 Å². The maximum atomic E-state index is 11.9. The zero-order valence-electron chi connectivity index (χ0n) is 12.4. The van der Waals surface area contributed by atoms with Crippen molar-refractivity contribution in [3.05, 3.63) is 45.0 Å². The maximum Gasteiger partial charge on any atom is 0.408 e. The van der Waals surface area contributed by atoms with Crippen LogP contribution in [0, 0.1) is 10.1 Å². The second kappa shape index (κ2) is 6.76. The first kappa shape index (κ1) is 17.2. The van der Waals surface area contributed by atoms with Crippen molar-refractivity contribution in [1.29, 1.82) is 0 Å². The number of amides is 1. The highest BCUT2D eigenvalue weighted by Gasteiger charge is 2.32. The van der Waals surface area contributed by atoms with Gasteiger partial charge in [0.15, 0.2) is 0 Å². The number of benzene rings is 1. The molecule has 0 aliphatic carbocycles. The van der Waals surface area contributed by atoms with Crippen LogP contribution in [0.2, 0.25) is 5.02 Å². The average molecular weight is 315 g/mol. The number of ether oxygens (including phenoxy) is 1. The molecule has 2 atom stereocenters. The summed E-state index contributed by atoms with van der Waals surface area (Å²) in [7, 11) is 0. The van der Waals surface area contributed by atoms with Crippen molar-refractivity contribution in [2.45, 2.75) is 45.4 Å². The van der Waals surface area contributed by atoms with Gasteiger partial charge in [-0.05, 0) is 32.4 Å². The van der Waals surface area contributed by atoms with Crippen molar-refractivity contribution in [3.63, 3.8) is 0 Å². The molecule has 1 amide bonds. The molecule has 7 heteroatoms. The molecule has 21 heavy (non-hydrogen) atoms. The van der Waals surface area contributed by atoms with Crippen molar-refractivity contribution in [2.24, 2.45) is 0 Å². The highest BCUT2D eigenvalue weighted by atomic mass is 35.5. The van der Waals surface area contributed by atoms with Gasteiger partial charge in [0.05, 0.1) is 0 Å². The molecule has 0 saturated carbocycles. The van der Waals surface area contributed by atoms with Crippen LogP contribution in [-0.4, -0.2) is 22.7 Å². The molecule has 0 aromatic heterocycles. The number of nitrogens with one attached hydrogen (secondary N) is 1. The van der Waals surface area contributed by atoms with E-state index in [-0.39, 0.29) is 0 Å². The molecule has 1 aromatic rings. The van der Waals surface area contributed by atoms with Crippen LogP contribution >= 0.6 is 11.6 Å². The molecular formula is C14H19ClN2O4. The third-order valence-corrected chi connectivity index (χ3v) is 3.07. The smallest absolute Gasteiger partial charge is 0.408 e. The van der Waals surface area contributed by atoms with Gasteiger partial charge >= 0.3 is 6.09 Å². The lowest BCUT2D eigenvalue weighted by molar-refractivity contribution is -0.523. The second-order valence-corrected chi connectivity index (χ2v) is 6.08. The summed E-state index contributed by atoms with van der Waals surface area (Å²) in [6, 6.07) is 4.77. The van der Waals surface area contributed by atoms with Crippen LogP contribution in [0.3, 0.4) is 0 Å². The van der Waals surface area contributed by atoms with E-state index < -0.39 is 28.7 Å². The molecule has 1 rings (SSSR count). The normalized spacial score (nSPS) is 14.1. The molecule has 0 aliphatic rings. The lowest BCUT2D eigenvalue weighted by atomic mass is 10.0. The number of hydrogen-bond donors (Lipinski definition) is 1. The number of hydrogen-bond acceptors (Lipinski definition) is 4. The van der Waals surface area contributed by atoms with E-state index in [2.05, 4.69) is 5.32 Å². The Kier molecular flexibility index (Phi) is 5.54. The Balaban J connectivity index is 3.02. The predicted molar refractivity (Wildman–Crippen MR) is 80.0 cm³/mol. The standard InChI is InChI=1S/C14H19ClN2O4/c1-9(17(19)20)12(10-7-5-6-8-11(10)15)16-13(18)21-14(2,3)4/h5-9,12H,1-4H3,(H,16,18)/t9-,12-/m1/s1. The first-order valence-electron chi connectivity index (χ1n) is 6.49. The minimum absolute atomic E-state index is 0.354. The van der Waals surface area contributed by atoms with Crippen LogP contribution < -0.4 is 5.32 Å². The number of nitro groups is 1. The number of carbonyl (C=O) groups is 1. The van der Waals surface area contributed by atoms with E-state index in [0.717, 1.165) is 0 Å². The summed E-state index contributed by atoms with van der Waals surface area (Å²) in [6.45, 7) is 6.56. The molecule has 0 unspecified atom stereocenters. The summed E-state index contributed by atoms with van der Waals surface area (Å²) in [5, 5.41) is 13.9. The first-order valence-corrected chi connectivity index (χ1v) is 6.87. The van der Waals surface area contributed by atoms with Crippen molar-refractivity contribution in [1.82, 2.24) is 5.32 Å². The van der Waals surface area contributed by atoms with Crippen molar-refractivity contribution >= 4 is 17.7 Å². The van der Waals surface area contributed by atoms with Gasteiger partial charge in [0, 0.05) is 16.9 Å². The zero-order valence-corrected chi connectivity index (χ0v) is 13.2. The van der Waals surface area contributed by atoms with Crippen LogP contribution in [0.25, 0.3) is 0 Å². The fraction of sp³-hybridized carbons (Fsp3) is 0.500. The highest BCUT2D eigenvalue weighted by Crippen LogP contribution is 2.26. The van der Waals surface area contributed by atoms with E-state index >= 15 is 0 Å². The number of carbonyl (C=O) groups excluding carboxylic acids is 1. The van der Waals surface area contributed by atoms with Gasteiger partial charge in [-0.2, -0.15) is 0 Å². The summed E-state index contributed by atoms with van der Waals surface area (Å²) in [5.74, 6) is 0. The third-order valence-electron chi connectivity index (χ3n) is 2.73. The van der Waals surface area contributed by atoms with Gasteiger partial charge in [-0.25, -0.2) is 4.79 Å². The summed E-state index contributed by atoms with van der Waals surface area (Å²) in [6.07, 6.45) is -0.721. The van der Waals surface area contributed by atoms with Gasteiger partial charge in [-0.15, -0.1) is 0 Å². The Labute approximate surface area is 128 Å². The summed E-state index contributed by atoms with van der Waals surface area (Å²) < 4.78 is 5.14. The Morgan fingerprint density at radius 1 is 1.38 bits per heavy atom. The largest absolute Gasteiger partial charge is 0.444 e. The van der Waals surface area contributed by atoms with Gasteiger partial charge in [0.25, 0.3) is 0 Å². The van der Waals surface area contributed by atoms with E-state index in [1.807, 2.05) is 0 Å². The van der Waals surface area contributed by atoms with Gasteiger partial charge in [0.1, 0.15) is 11.6 Å². The monoisotopic (exact) mass is 314 g/mol. The van der Waals surface area contributed by atoms with Crippen LogP contribution in [0.15, 0.2) is 24.3 Å². The van der Waals surface area contributed by atoms with Gasteiger partial charge < -0.3 is 10.1 Å². The second-order valence-electron chi connectivity index (χ2n) is 5.67. The molecular weight excluding hydrogens is 296 g/mol. The number of nitrogens with zero attached hydrogens (tertiary/aromatic N) is 1. The predicted octanol–water partition coefficient (Wildman–Crippen LogP) is 3.57. The Bertz CT molecular complexity index is 528. The van der Waals surface area contributed by atoms with Crippen LogP contribution in [0.1, 0.15) is 39.3 Å². The summed E-state index contributed by atoms with van der Waals surface area (Å²) in [4.78, 5) is 22.5. The summed E-state index contributed by atoms with van der Waals surface area (Å²) >= 11 is 6.07. The molecule has 0 heterocycles. The molecule has 1 N–H and O–H groups in total. The Morgan fingerprint density at radius 3 is 2.43 bits per heavy atom. The van der Waals surface area contributed by atoms with Crippen LogP contribution in [0.4, 0.5) is 4.79 Å². The quantitative estimate of drug-likeness (QED) is 0.680.